The molecule has 3 heterocycles. The summed E-state index contributed by atoms with van der Waals surface area (Å²) in [7, 11) is 0. The van der Waals surface area contributed by atoms with E-state index in [9.17, 15) is 9.90 Å². The fraction of sp³-hybridized carbons (Fsp3) is 0.800. The molecule has 26 heavy (non-hydrogen) atoms. The minimum absolute atomic E-state index is 0.0426. The summed E-state index contributed by atoms with van der Waals surface area (Å²) in [5.74, 6) is 0.489. The molecular formula is C20H33N3O3. The Hall–Kier alpha value is -1.24. The van der Waals surface area contributed by atoms with Gasteiger partial charge in [-0.1, -0.05) is 20.8 Å². The van der Waals surface area contributed by atoms with Crippen molar-refractivity contribution in [1.82, 2.24) is 14.5 Å². The van der Waals surface area contributed by atoms with Gasteiger partial charge in [0.1, 0.15) is 5.60 Å². The third kappa shape index (κ3) is 4.93. The van der Waals surface area contributed by atoms with Crippen molar-refractivity contribution in [2.45, 2.75) is 64.0 Å². The summed E-state index contributed by atoms with van der Waals surface area (Å²) in [5, 5.41) is 10.6. The summed E-state index contributed by atoms with van der Waals surface area (Å²) in [6, 6.07) is 1.67. The molecule has 1 unspecified atom stereocenters. The van der Waals surface area contributed by atoms with Crippen LogP contribution in [0.5, 0.6) is 0 Å². The summed E-state index contributed by atoms with van der Waals surface area (Å²) in [6.07, 6.45) is 5.56. The third-order valence-corrected chi connectivity index (χ3v) is 5.63. The van der Waals surface area contributed by atoms with E-state index < -0.39 is 5.60 Å². The maximum Gasteiger partial charge on any atom is 0.253 e. The van der Waals surface area contributed by atoms with E-state index in [0.29, 0.717) is 19.1 Å². The second-order valence-corrected chi connectivity index (χ2v) is 9.11. The van der Waals surface area contributed by atoms with Crippen molar-refractivity contribution in [2.75, 3.05) is 32.8 Å². The van der Waals surface area contributed by atoms with E-state index in [2.05, 4.69) is 30.7 Å². The van der Waals surface area contributed by atoms with Gasteiger partial charge >= 0.3 is 0 Å². The van der Waals surface area contributed by atoms with E-state index in [0.717, 1.165) is 57.6 Å². The van der Waals surface area contributed by atoms with Crippen molar-refractivity contribution < 1.29 is 9.84 Å². The Morgan fingerprint density at radius 2 is 2.08 bits per heavy atom. The number of aromatic nitrogens is 2. The summed E-state index contributed by atoms with van der Waals surface area (Å²) in [5.41, 5.74) is 0.0963. The molecule has 2 aliphatic heterocycles. The molecule has 2 saturated heterocycles. The normalized spacial score (nSPS) is 26.2. The van der Waals surface area contributed by atoms with E-state index in [1.807, 2.05) is 0 Å². The van der Waals surface area contributed by atoms with E-state index >= 15 is 0 Å². The second-order valence-electron chi connectivity index (χ2n) is 9.11. The van der Waals surface area contributed by atoms with Gasteiger partial charge in [0.25, 0.3) is 5.56 Å². The van der Waals surface area contributed by atoms with Gasteiger partial charge in [0.2, 0.25) is 0 Å². The zero-order valence-corrected chi connectivity index (χ0v) is 16.4. The molecule has 2 fully saturated rings. The van der Waals surface area contributed by atoms with Gasteiger partial charge in [-0.25, -0.2) is 4.98 Å². The van der Waals surface area contributed by atoms with Crippen LogP contribution in [0.4, 0.5) is 0 Å². The van der Waals surface area contributed by atoms with Gasteiger partial charge in [0, 0.05) is 31.2 Å². The lowest BCUT2D eigenvalue weighted by Gasteiger charge is -2.39. The Kier molecular flexibility index (Phi) is 5.85. The highest BCUT2D eigenvalue weighted by molar-refractivity contribution is 5.10. The van der Waals surface area contributed by atoms with Gasteiger partial charge in [-0.05, 0) is 44.7 Å². The molecule has 6 heteroatoms. The molecule has 2 aliphatic rings. The number of aliphatic hydroxyl groups is 1. The van der Waals surface area contributed by atoms with Crippen LogP contribution in [-0.4, -0.2) is 58.0 Å². The first-order valence-electron chi connectivity index (χ1n) is 9.85. The lowest BCUT2D eigenvalue weighted by atomic mass is 9.91. The van der Waals surface area contributed by atoms with E-state index in [4.69, 9.17) is 4.74 Å². The van der Waals surface area contributed by atoms with Crippen molar-refractivity contribution in [3.8, 4) is 0 Å². The van der Waals surface area contributed by atoms with E-state index in [1.54, 1.807) is 17.0 Å². The molecule has 0 saturated carbocycles. The Morgan fingerprint density at radius 3 is 2.65 bits per heavy atom. The summed E-state index contributed by atoms with van der Waals surface area (Å²) >= 11 is 0. The lowest BCUT2D eigenvalue weighted by molar-refractivity contribution is -0.103. The predicted molar refractivity (Wildman–Crippen MR) is 101 cm³/mol. The number of hydrogen-bond donors (Lipinski definition) is 1. The van der Waals surface area contributed by atoms with Crippen LogP contribution in [0.25, 0.3) is 0 Å². The van der Waals surface area contributed by atoms with Gasteiger partial charge in [-0.2, -0.15) is 0 Å². The maximum atomic E-state index is 12.4. The fourth-order valence-corrected chi connectivity index (χ4v) is 3.96. The summed E-state index contributed by atoms with van der Waals surface area (Å²) in [4.78, 5) is 19.2. The predicted octanol–water partition coefficient (Wildman–Crippen LogP) is 1.79. The molecule has 1 N–H and O–H groups in total. The monoisotopic (exact) mass is 363 g/mol. The Labute approximate surface area is 156 Å². The van der Waals surface area contributed by atoms with Crippen molar-refractivity contribution in [3.05, 3.63) is 28.4 Å². The number of rotatable bonds is 4. The molecule has 1 aromatic rings. The number of β-amino-alcohol motifs (C(OH)–C–C–N with tert-alkyl or cyclic N) is 1. The number of ether oxygens (including phenoxy) is 1. The standard InChI is InChI=1S/C20H33N3O3/c1-19(2,3)17-11-18(24)23(15-21-17)12-16-5-8-22(9-6-16)13-20(25)7-4-10-26-14-20/h11,15-16,25H,4-10,12-14H2,1-3H3. The van der Waals surface area contributed by atoms with Crippen LogP contribution in [0.15, 0.2) is 17.2 Å². The van der Waals surface area contributed by atoms with Gasteiger partial charge in [0.05, 0.1) is 18.6 Å². The average Bonchev–Trinajstić information content (AvgIpc) is 2.58. The van der Waals surface area contributed by atoms with Crippen LogP contribution in [0.3, 0.4) is 0 Å². The molecule has 0 aliphatic carbocycles. The minimum atomic E-state index is -0.686. The molecule has 146 valence electrons. The molecule has 0 amide bonds. The third-order valence-electron chi connectivity index (χ3n) is 5.63. The van der Waals surface area contributed by atoms with Crippen molar-refractivity contribution in [1.29, 1.82) is 0 Å². The lowest BCUT2D eigenvalue weighted by Crippen LogP contribution is -2.50. The van der Waals surface area contributed by atoms with Crippen molar-refractivity contribution in [2.24, 2.45) is 5.92 Å². The van der Waals surface area contributed by atoms with Gasteiger partial charge in [-0.15, -0.1) is 0 Å². The first-order valence-corrected chi connectivity index (χ1v) is 9.85. The van der Waals surface area contributed by atoms with Gasteiger partial charge < -0.3 is 14.7 Å². The van der Waals surface area contributed by atoms with Crippen molar-refractivity contribution in [3.63, 3.8) is 0 Å². The van der Waals surface area contributed by atoms with E-state index in [1.165, 1.54) is 0 Å². The van der Waals surface area contributed by atoms with Crippen LogP contribution >= 0.6 is 0 Å². The molecular weight excluding hydrogens is 330 g/mol. The molecule has 3 rings (SSSR count). The highest BCUT2D eigenvalue weighted by atomic mass is 16.5. The number of nitrogens with zero attached hydrogens (tertiary/aromatic N) is 3. The molecule has 0 bridgehead atoms. The van der Waals surface area contributed by atoms with Crippen LogP contribution in [-0.2, 0) is 16.7 Å². The first kappa shape index (κ1) is 19.5. The topological polar surface area (TPSA) is 67.6 Å². The number of hydrogen-bond acceptors (Lipinski definition) is 5. The quantitative estimate of drug-likeness (QED) is 0.883. The van der Waals surface area contributed by atoms with Gasteiger partial charge in [0.15, 0.2) is 0 Å². The zero-order chi connectivity index (χ0) is 18.8. The molecule has 6 nitrogen and oxygen atoms in total. The Balaban J connectivity index is 1.52. The Bertz CT molecular complexity index is 651. The minimum Gasteiger partial charge on any atom is -0.386 e. The largest absolute Gasteiger partial charge is 0.386 e. The number of likely N-dealkylation sites (tertiary alicyclic amines) is 1. The smallest absolute Gasteiger partial charge is 0.253 e. The zero-order valence-electron chi connectivity index (χ0n) is 16.4. The van der Waals surface area contributed by atoms with Gasteiger partial charge in [-0.3, -0.25) is 9.36 Å². The number of piperidine rings is 1. The average molecular weight is 364 g/mol. The first-order chi connectivity index (χ1) is 12.3. The second kappa shape index (κ2) is 7.79. The Morgan fingerprint density at radius 1 is 1.35 bits per heavy atom. The summed E-state index contributed by atoms with van der Waals surface area (Å²) < 4.78 is 7.20. The molecule has 0 spiro atoms. The highest BCUT2D eigenvalue weighted by Crippen LogP contribution is 2.25. The van der Waals surface area contributed by atoms with Crippen LogP contribution in [0.2, 0.25) is 0 Å². The maximum absolute atomic E-state index is 12.4. The molecule has 1 aromatic heterocycles. The van der Waals surface area contributed by atoms with Crippen LogP contribution < -0.4 is 5.56 Å². The molecule has 0 aromatic carbocycles. The van der Waals surface area contributed by atoms with Crippen molar-refractivity contribution >= 4 is 0 Å². The fourth-order valence-electron chi connectivity index (χ4n) is 3.96. The molecule has 0 radical (unpaired) electrons. The highest BCUT2D eigenvalue weighted by Gasteiger charge is 2.33. The van der Waals surface area contributed by atoms with Crippen LogP contribution in [0, 0.1) is 5.92 Å². The van der Waals surface area contributed by atoms with Crippen LogP contribution in [0.1, 0.15) is 52.1 Å². The SMILES string of the molecule is CC(C)(C)c1cc(=O)n(CC2CCN(CC3(O)CCCOC3)CC2)cn1. The summed E-state index contributed by atoms with van der Waals surface area (Å²) in [6.45, 7) is 10.8. The molecule has 1 atom stereocenters. The van der Waals surface area contributed by atoms with E-state index in [-0.39, 0.29) is 11.0 Å².